The molecule has 1 amide bonds. The van der Waals surface area contributed by atoms with Crippen LogP contribution in [0.1, 0.15) is 36.3 Å². The fraction of sp³-hybridized carbons (Fsp3) is 0.600. The molecule has 0 aliphatic heterocycles. The van der Waals surface area contributed by atoms with Crippen molar-refractivity contribution in [3.8, 4) is 0 Å². The van der Waals surface area contributed by atoms with Crippen LogP contribution in [0.4, 0.5) is 5.82 Å². The average Bonchev–Trinajstić information content (AvgIpc) is 2.50. The quantitative estimate of drug-likeness (QED) is 0.840. The van der Waals surface area contributed by atoms with E-state index < -0.39 is 0 Å². The fourth-order valence-corrected chi connectivity index (χ4v) is 2.48. The van der Waals surface area contributed by atoms with Crippen LogP contribution in [-0.4, -0.2) is 47.9 Å². The first-order valence-corrected chi connectivity index (χ1v) is 8.37. The molecule has 1 aromatic heterocycles. The van der Waals surface area contributed by atoms with Crippen molar-refractivity contribution in [2.24, 2.45) is 0 Å². The summed E-state index contributed by atoms with van der Waals surface area (Å²) in [6, 6.07) is 3.95. The van der Waals surface area contributed by atoms with Crippen molar-refractivity contribution in [3.63, 3.8) is 0 Å². The minimum Gasteiger partial charge on any atom is -0.373 e. The second-order valence-electron chi connectivity index (χ2n) is 4.88. The summed E-state index contributed by atoms with van der Waals surface area (Å²) in [6.07, 6.45) is 3.92. The number of nitrogens with zero attached hydrogens (tertiary/aromatic N) is 2. The SMILES string of the molecule is CCc1cc(C(=O)N(C)C(C)CCSC)cc(NC)n1. The summed E-state index contributed by atoms with van der Waals surface area (Å²) in [5.41, 5.74) is 1.64. The van der Waals surface area contributed by atoms with Gasteiger partial charge in [-0.15, -0.1) is 0 Å². The Morgan fingerprint density at radius 1 is 1.50 bits per heavy atom. The molecular formula is C15H25N3OS. The van der Waals surface area contributed by atoms with Gasteiger partial charge >= 0.3 is 0 Å². The van der Waals surface area contributed by atoms with Gasteiger partial charge in [-0.1, -0.05) is 6.92 Å². The van der Waals surface area contributed by atoms with E-state index in [9.17, 15) is 4.79 Å². The summed E-state index contributed by atoms with van der Waals surface area (Å²) in [5, 5.41) is 3.01. The molecule has 1 rings (SSSR count). The Morgan fingerprint density at radius 2 is 2.20 bits per heavy atom. The molecule has 1 unspecified atom stereocenters. The molecule has 0 saturated heterocycles. The maximum atomic E-state index is 12.5. The maximum absolute atomic E-state index is 12.5. The molecule has 0 aliphatic rings. The Morgan fingerprint density at radius 3 is 2.75 bits per heavy atom. The third-order valence-electron chi connectivity index (χ3n) is 3.46. The Balaban J connectivity index is 2.90. The highest BCUT2D eigenvalue weighted by molar-refractivity contribution is 7.98. The fourth-order valence-electron chi connectivity index (χ4n) is 1.91. The number of nitrogens with one attached hydrogen (secondary N) is 1. The number of hydrogen-bond donors (Lipinski definition) is 1. The smallest absolute Gasteiger partial charge is 0.254 e. The van der Waals surface area contributed by atoms with Gasteiger partial charge in [-0.2, -0.15) is 11.8 Å². The lowest BCUT2D eigenvalue weighted by Crippen LogP contribution is -2.35. The molecule has 112 valence electrons. The average molecular weight is 295 g/mol. The summed E-state index contributed by atoms with van der Waals surface area (Å²) in [6.45, 7) is 4.13. The van der Waals surface area contributed by atoms with E-state index in [0.29, 0.717) is 5.56 Å². The van der Waals surface area contributed by atoms with E-state index in [0.717, 1.165) is 30.1 Å². The second kappa shape index (κ2) is 8.15. The lowest BCUT2D eigenvalue weighted by atomic mass is 10.1. The van der Waals surface area contributed by atoms with E-state index in [4.69, 9.17) is 0 Å². The molecule has 0 bridgehead atoms. The van der Waals surface area contributed by atoms with Crippen LogP contribution in [0.15, 0.2) is 12.1 Å². The van der Waals surface area contributed by atoms with Gasteiger partial charge < -0.3 is 10.2 Å². The molecule has 1 heterocycles. The molecule has 0 radical (unpaired) electrons. The van der Waals surface area contributed by atoms with Crippen molar-refractivity contribution in [1.82, 2.24) is 9.88 Å². The standard InChI is InChI=1S/C15H25N3OS/c1-6-13-9-12(10-14(16-3)17-13)15(19)18(4)11(2)7-8-20-5/h9-11H,6-8H2,1-5H3,(H,16,17). The van der Waals surface area contributed by atoms with Gasteiger partial charge in [-0.3, -0.25) is 4.79 Å². The molecule has 0 fully saturated rings. The first kappa shape index (κ1) is 16.8. The van der Waals surface area contributed by atoms with Crippen molar-refractivity contribution in [2.75, 3.05) is 31.4 Å². The lowest BCUT2D eigenvalue weighted by molar-refractivity contribution is 0.0741. The normalized spacial score (nSPS) is 12.1. The van der Waals surface area contributed by atoms with Crippen molar-refractivity contribution >= 4 is 23.5 Å². The van der Waals surface area contributed by atoms with Gasteiger partial charge in [-0.05, 0) is 43.9 Å². The molecule has 20 heavy (non-hydrogen) atoms. The van der Waals surface area contributed by atoms with Gasteiger partial charge in [0.1, 0.15) is 5.82 Å². The number of aromatic nitrogens is 1. The van der Waals surface area contributed by atoms with Crippen LogP contribution in [0.25, 0.3) is 0 Å². The van der Waals surface area contributed by atoms with Crippen molar-refractivity contribution in [1.29, 1.82) is 0 Å². The highest BCUT2D eigenvalue weighted by Crippen LogP contribution is 2.15. The zero-order valence-corrected chi connectivity index (χ0v) is 13.9. The summed E-state index contributed by atoms with van der Waals surface area (Å²) in [7, 11) is 3.69. The second-order valence-corrected chi connectivity index (χ2v) is 5.87. The van der Waals surface area contributed by atoms with Gasteiger partial charge in [0.15, 0.2) is 0 Å². The molecule has 0 aromatic carbocycles. The first-order valence-electron chi connectivity index (χ1n) is 6.98. The third-order valence-corrected chi connectivity index (χ3v) is 4.11. The highest BCUT2D eigenvalue weighted by atomic mass is 32.2. The molecule has 1 N–H and O–H groups in total. The van der Waals surface area contributed by atoms with Crippen LogP contribution < -0.4 is 5.32 Å². The number of anilines is 1. The minimum atomic E-state index is 0.0622. The Labute approximate surface area is 126 Å². The number of carbonyl (C=O) groups excluding carboxylic acids is 1. The number of hydrogen-bond acceptors (Lipinski definition) is 4. The molecule has 0 saturated carbocycles. The van der Waals surface area contributed by atoms with Crippen LogP contribution >= 0.6 is 11.8 Å². The number of rotatable bonds is 7. The molecule has 0 aliphatic carbocycles. The highest BCUT2D eigenvalue weighted by Gasteiger charge is 2.18. The van der Waals surface area contributed by atoms with Crippen LogP contribution in [0.3, 0.4) is 0 Å². The molecular weight excluding hydrogens is 270 g/mol. The van der Waals surface area contributed by atoms with Crippen molar-refractivity contribution in [2.45, 2.75) is 32.7 Å². The third kappa shape index (κ3) is 4.40. The molecule has 0 spiro atoms. The number of aryl methyl sites for hydroxylation is 1. The summed E-state index contributed by atoms with van der Waals surface area (Å²) in [4.78, 5) is 18.8. The summed E-state index contributed by atoms with van der Waals surface area (Å²) in [5.74, 6) is 1.88. The molecule has 1 atom stereocenters. The number of amides is 1. The Hall–Kier alpha value is -1.23. The zero-order valence-electron chi connectivity index (χ0n) is 13.1. The van der Waals surface area contributed by atoms with E-state index in [1.807, 2.05) is 49.8 Å². The van der Waals surface area contributed by atoms with Crippen molar-refractivity contribution in [3.05, 3.63) is 23.4 Å². The predicted molar refractivity (Wildman–Crippen MR) is 87.7 cm³/mol. The van der Waals surface area contributed by atoms with E-state index in [1.165, 1.54) is 0 Å². The molecule has 5 heteroatoms. The number of thioether (sulfide) groups is 1. The minimum absolute atomic E-state index is 0.0622. The van der Waals surface area contributed by atoms with Crippen LogP contribution in [0.2, 0.25) is 0 Å². The zero-order chi connectivity index (χ0) is 15.1. The summed E-state index contributed by atoms with van der Waals surface area (Å²) >= 11 is 1.81. The topological polar surface area (TPSA) is 45.2 Å². The van der Waals surface area contributed by atoms with Gasteiger partial charge in [0.2, 0.25) is 0 Å². The van der Waals surface area contributed by atoms with E-state index in [1.54, 1.807) is 0 Å². The van der Waals surface area contributed by atoms with E-state index >= 15 is 0 Å². The van der Waals surface area contributed by atoms with Gasteiger partial charge in [-0.25, -0.2) is 4.98 Å². The first-order chi connectivity index (χ1) is 9.53. The van der Waals surface area contributed by atoms with E-state index in [2.05, 4.69) is 23.5 Å². The van der Waals surface area contributed by atoms with Gasteiger partial charge in [0.25, 0.3) is 5.91 Å². The van der Waals surface area contributed by atoms with E-state index in [-0.39, 0.29) is 11.9 Å². The van der Waals surface area contributed by atoms with Crippen LogP contribution in [-0.2, 0) is 6.42 Å². The molecule has 1 aromatic rings. The van der Waals surface area contributed by atoms with Gasteiger partial charge in [0, 0.05) is 31.4 Å². The number of pyridine rings is 1. The summed E-state index contributed by atoms with van der Waals surface area (Å²) < 4.78 is 0. The molecule has 4 nitrogen and oxygen atoms in total. The monoisotopic (exact) mass is 295 g/mol. The van der Waals surface area contributed by atoms with Crippen LogP contribution in [0, 0.1) is 0 Å². The maximum Gasteiger partial charge on any atom is 0.254 e. The predicted octanol–water partition coefficient (Wildman–Crippen LogP) is 2.90. The number of carbonyl (C=O) groups is 1. The van der Waals surface area contributed by atoms with Crippen LogP contribution in [0.5, 0.6) is 0 Å². The van der Waals surface area contributed by atoms with Crippen molar-refractivity contribution < 1.29 is 4.79 Å². The Bertz CT molecular complexity index is 428. The largest absolute Gasteiger partial charge is 0.373 e. The Kier molecular flexibility index (Phi) is 6.85. The van der Waals surface area contributed by atoms with Gasteiger partial charge in [0.05, 0.1) is 0 Å². The lowest BCUT2D eigenvalue weighted by Gasteiger charge is -2.25.